The summed E-state index contributed by atoms with van der Waals surface area (Å²) in [6.07, 6.45) is 0.269. The predicted molar refractivity (Wildman–Crippen MR) is 128 cm³/mol. The van der Waals surface area contributed by atoms with Crippen molar-refractivity contribution in [3.8, 4) is 6.07 Å². The van der Waals surface area contributed by atoms with E-state index in [2.05, 4.69) is 10.2 Å². The van der Waals surface area contributed by atoms with Gasteiger partial charge in [0.15, 0.2) is 0 Å². The van der Waals surface area contributed by atoms with Crippen LogP contribution in [0.3, 0.4) is 0 Å². The van der Waals surface area contributed by atoms with Crippen LogP contribution in [-0.4, -0.2) is 46.0 Å². The number of carbonyl (C=O) groups excluding carboxylic acids is 2. The van der Waals surface area contributed by atoms with Crippen LogP contribution in [0.2, 0.25) is 0 Å². The first-order valence-corrected chi connectivity index (χ1v) is 11.2. The van der Waals surface area contributed by atoms with E-state index in [4.69, 9.17) is 5.26 Å². The summed E-state index contributed by atoms with van der Waals surface area (Å²) in [7, 11) is 0. The average molecular weight is 491 g/mol. The number of piperazine rings is 1. The van der Waals surface area contributed by atoms with Crippen LogP contribution in [0, 0.1) is 36.8 Å². The summed E-state index contributed by atoms with van der Waals surface area (Å²) in [5, 5.41) is 15.4. The summed E-state index contributed by atoms with van der Waals surface area (Å²) >= 11 is 0. The van der Waals surface area contributed by atoms with Crippen LogP contribution >= 0.6 is 0 Å². The van der Waals surface area contributed by atoms with Crippen LogP contribution in [-0.2, 0) is 11.2 Å². The quantitative estimate of drug-likeness (QED) is 0.603. The summed E-state index contributed by atoms with van der Waals surface area (Å²) in [5.74, 6) is -2.62. The maximum absolute atomic E-state index is 14.7. The number of nitrogens with one attached hydrogen (secondary N) is 1. The second-order valence-electron chi connectivity index (χ2n) is 8.82. The number of benzene rings is 2. The summed E-state index contributed by atoms with van der Waals surface area (Å²) in [4.78, 5) is 40.4. The average Bonchev–Trinajstić information content (AvgIpc) is 2.85. The number of aromatic amines is 1. The molecule has 1 N–H and O–H groups in total. The van der Waals surface area contributed by atoms with Crippen LogP contribution in [0.25, 0.3) is 0 Å². The minimum Gasteiger partial charge on any atom is -0.327 e. The van der Waals surface area contributed by atoms with Gasteiger partial charge < -0.3 is 9.80 Å². The lowest BCUT2D eigenvalue weighted by Gasteiger charge is -2.39. The Morgan fingerprint density at radius 1 is 1.14 bits per heavy atom. The molecule has 1 atom stereocenters. The zero-order valence-electron chi connectivity index (χ0n) is 19.9. The molecule has 0 bridgehead atoms. The number of amides is 2. The Kier molecular flexibility index (Phi) is 6.66. The van der Waals surface area contributed by atoms with Gasteiger partial charge in [-0.3, -0.25) is 14.4 Å². The number of nitriles is 1. The third-order valence-electron chi connectivity index (χ3n) is 6.40. The fourth-order valence-corrected chi connectivity index (χ4v) is 4.30. The highest BCUT2D eigenvalue weighted by Crippen LogP contribution is 2.27. The molecule has 0 unspecified atom stereocenters. The van der Waals surface area contributed by atoms with Crippen LogP contribution in [0.15, 0.2) is 41.2 Å². The van der Waals surface area contributed by atoms with Gasteiger partial charge in [-0.2, -0.15) is 10.4 Å². The lowest BCUT2D eigenvalue weighted by Crippen LogP contribution is -2.57. The van der Waals surface area contributed by atoms with Crippen LogP contribution in [0.5, 0.6) is 0 Å². The Balaban J connectivity index is 1.56. The van der Waals surface area contributed by atoms with E-state index in [0.717, 1.165) is 6.07 Å². The fraction of sp³-hybridized carbons (Fsp3) is 0.269. The monoisotopic (exact) mass is 491 g/mol. The maximum Gasteiger partial charge on any atom is 0.267 e. The van der Waals surface area contributed by atoms with Gasteiger partial charge in [0.1, 0.15) is 18.2 Å². The fourth-order valence-electron chi connectivity index (χ4n) is 4.30. The van der Waals surface area contributed by atoms with Crippen LogP contribution in [0.1, 0.15) is 45.2 Å². The predicted octanol–water partition coefficient (Wildman–Crippen LogP) is 3.00. The molecule has 10 heteroatoms. The van der Waals surface area contributed by atoms with E-state index in [1.807, 2.05) is 6.07 Å². The SMILES string of the molecule is Cc1c(Cc2ccc(F)c(C(=O)N3CC(=O)N(c4ccc(C#N)cc4F)[C@H](C)C3)c2)n[nH]c(=O)c1C. The number of nitrogens with zero attached hydrogens (tertiary/aromatic N) is 4. The van der Waals surface area contributed by atoms with Gasteiger partial charge in [0, 0.05) is 18.5 Å². The molecule has 2 aromatic carbocycles. The van der Waals surface area contributed by atoms with Gasteiger partial charge in [-0.15, -0.1) is 0 Å². The molecule has 1 saturated heterocycles. The Labute approximate surface area is 205 Å². The highest BCUT2D eigenvalue weighted by atomic mass is 19.1. The van der Waals surface area contributed by atoms with Crippen molar-refractivity contribution in [2.75, 3.05) is 18.0 Å². The molecule has 2 amide bonds. The highest BCUT2D eigenvalue weighted by molar-refractivity contribution is 6.02. The molecule has 0 spiro atoms. The molecular weight excluding hydrogens is 468 g/mol. The van der Waals surface area contributed by atoms with Gasteiger partial charge in [-0.05, 0) is 62.2 Å². The van der Waals surface area contributed by atoms with Gasteiger partial charge in [0.25, 0.3) is 11.5 Å². The molecule has 1 aliphatic rings. The van der Waals surface area contributed by atoms with Gasteiger partial charge >= 0.3 is 0 Å². The Morgan fingerprint density at radius 2 is 1.89 bits per heavy atom. The summed E-state index contributed by atoms with van der Waals surface area (Å²) in [6, 6.07) is 9.22. The first kappa shape index (κ1) is 24.7. The first-order chi connectivity index (χ1) is 17.1. The van der Waals surface area contributed by atoms with Crippen molar-refractivity contribution in [1.82, 2.24) is 15.1 Å². The second-order valence-corrected chi connectivity index (χ2v) is 8.82. The van der Waals surface area contributed by atoms with Gasteiger partial charge in [-0.1, -0.05) is 6.07 Å². The number of hydrogen-bond acceptors (Lipinski definition) is 5. The van der Waals surface area contributed by atoms with Crippen molar-refractivity contribution in [3.05, 3.63) is 91.9 Å². The summed E-state index contributed by atoms with van der Waals surface area (Å²) in [6.45, 7) is 4.82. The van der Waals surface area contributed by atoms with Crippen LogP contribution < -0.4 is 10.5 Å². The number of aromatic nitrogens is 2. The molecule has 1 aromatic heterocycles. The van der Waals surface area contributed by atoms with E-state index in [-0.39, 0.29) is 41.9 Å². The molecule has 0 radical (unpaired) electrons. The molecule has 0 aliphatic carbocycles. The van der Waals surface area contributed by atoms with E-state index in [1.165, 1.54) is 40.1 Å². The lowest BCUT2D eigenvalue weighted by molar-refractivity contribution is -0.121. The van der Waals surface area contributed by atoms with Crippen molar-refractivity contribution in [2.45, 2.75) is 33.2 Å². The number of rotatable bonds is 4. The summed E-state index contributed by atoms with van der Waals surface area (Å²) in [5.41, 5.74) is 2.12. The third-order valence-corrected chi connectivity index (χ3v) is 6.40. The van der Waals surface area contributed by atoms with Gasteiger partial charge in [0.2, 0.25) is 5.91 Å². The smallest absolute Gasteiger partial charge is 0.267 e. The van der Waals surface area contributed by atoms with E-state index < -0.39 is 29.5 Å². The van der Waals surface area contributed by atoms with Crippen LogP contribution in [0.4, 0.5) is 14.5 Å². The maximum atomic E-state index is 14.7. The van der Waals surface area contributed by atoms with Crippen molar-refractivity contribution in [3.63, 3.8) is 0 Å². The van der Waals surface area contributed by atoms with E-state index in [1.54, 1.807) is 20.8 Å². The molecule has 3 aromatic rings. The number of halogens is 2. The minimum absolute atomic E-state index is 0.0193. The lowest BCUT2D eigenvalue weighted by atomic mass is 10.0. The molecule has 1 aliphatic heterocycles. The number of hydrogen-bond donors (Lipinski definition) is 1. The number of carbonyl (C=O) groups is 2. The molecule has 1 fully saturated rings. The largest absolute Gasteiger partial charge is 0.327 e. The molecule has 4 rings (SSSR count). The number of anilines is 1. The van der Waals surface area contributed by atoms with Crippen molar-refractivity contribution in [1.29, 1.82) is 5.26 Å². The zero-order chi connectivity index (χ0) is 26.1. The van der Waals surface area contributed by atoms with Crippen molar-refractivity contribution >= 4 is 17.5 Å². The Hall–Kier alpha value is -4.39. The van der Waals surface area contributed by atoms with E-state index in [9.17, 15) is 23.2 Å². The molecule has 0 saturated carbocycles. The first-order valence-electron chi connectivity index (χ1n) is 11.2. The number of H-pyrrole nitrogens is 1. The Morgan fingerprint density at radius 3 is 2.56 bits per heavy atom. The molecule has 184 valence electrons. The van der Waals surface area contributed by atoms with Gasteiger partial charge in [-0.25, -0.2) is 13.9 Å². The van der Waals surface area contributed by atoms with Gasteiger partial charge in [0.05, 0.1) is 34.6 Å². The second kappa shape index (κ2) is 9.70. The zero-order valence-corrected chi connectivity index (χ0v) is 19.9. The minimum atomic E-state index is -0.730. The van der Waals surface area contributed by atoms with E-state index >= 15 is 0 Å². The standard InChI is InChI=1S/C26H23F2N5O3/c1-14-12-32(13-24(34)33(14)23-7-5-18(11-29)9-21(23)28)26(36)19-8-17(4-6-20(19)27)10-22-15(2)16(3)25(35)31-30-22/h4-9,14H,10,12-13H2,1-3H3,(H,31,35)/t14-/m1/s1. The van der Waals surface area contributed by atoms with Crippen molar-refractivity contribution in [2.24, 2.45) is 0 Å². The van der Waals surface area contributed by atoms with Crippen molar-refractivity contribution < 1.29 is 18.4 Å². The van der Waals surface area contributed by atoms with E-state index in [0.29, 0.717) is 22.4 Å². The molecular formula is C26H23F2N5O3. The Bertz CT molecular complexity index is 1480. The topological polar surface area (TPSA) is 110 Å². The summed E-state index contributed by atoms with van der Waals surface area (Å²) < 4.78 is 29.2. The molecule has 8 nitrogen and oxygen atoms in total. The third kappa shape index (κ3) is 4.60. The molecule has 36 heavy (non-hydrogen) atoms. The normalized spacial score (nSPS) is 15.7. The molecule has 2 heterocycles. The highest BCUT2D eigenvalue weighted by Gasteiger charge is 2.35.